The Hall–Kier alpha value is 0.700. The van der Waals surface area contributed by atoms with E-state index in [1.54, 1.807) is 0 Å². The van der Waals surface area contributed by atoms with Gasteiger partial charge in [0.1, 0.15) is 0 Å². The van der Waals surface area contributed by atoms with E-state index < -0.39 is 0 Å². The fourth-order valence-corrected chi connectivity index (χ4v) is 0.529. The minimum atomic E-state index is 0. The normalized spacial score (nSPS) is 8.22. The molecule has 0 saturated carbocycles. The molecule has 48 valence electrons. The van der Waals surface area contributed by atoms with Crippen LogP contribution in [0.1, 0.15) is 26.2 Å². The molecule has 0 aliphatic carbocycles. The zero-order valence-corrected chi connectivity index (χ0v) is 8.44. The van der Waals surface area contributed by atoms with Gasteiger partial charge in [0.25, 0.3) is 0 Å². The molecule has 0 aromatic carbocycles. The van der Waals surface area contributed by atoms with Crippen molar-refractivity contribution in [3.8, 4) is 0 Å². The van der Waals surface area contributed by atoms with Crippen LogP contribution in [0.2, 0.25) is 0 Å². The summed E-state index contributed by atoms with van der Waals surface area (Å²) < 4.78 is 0. The zero-order chi connectivity index (χ0) is 6.41. The molecule has 0 N–H and O–H groups in total. The average molecular weight is 136 g/mol. The van der Waals surface area contributed by atoms with Gasteiger partial charge >= 0.3 is 29.6 Å². The number of hydrogen-bond acceptors (Lipinski definition) is 1. The van der Waals surface area contributed by atoms with Gasteiger partial charge in [-0.05, 0) is 13.3 Å². The van der Waals surface area contributed by atoms with Gasteiger partial charge in [-0.2, -0.15) is 0 Å². The van der Waals surface area contributed by atoms with Crippen molar-refractivity contribution >= 4 is 0 Å². The zero-order valence-electron chi connectivity index (χ0n) is 6.44. The quantitative estimate of drug-likeness (QED) is 0.251. The minimum Gasteiger partial charge on any atom is -0.854 e. The Morgan fingerprint density at radius 3 is 2.33 bits per heavy atom. The fourth-order valence-electron chi connectivity index (χ4n) is 0.529. The van der Waals surface area contributed by atoms with Crippen molar-refractivity contribution < 1.29 is 34.7 Å². The van der Waals surface area contributed by atoms with Crippen LogP contribution in [0.3, 0.4) is 0 Å². The molecule has 9 heavy (non-hydrogen) atoms. The summed E-state index contributed by atoms with van der Waals surface area (Å²) in [6.45, 7) is 5.78. The summed E-state index contributed by atoms with van der Waals surface area (Å²) in [5.74, 6) is 0. The molecule has 0 aromatic heterocycles. The monoisotopic (exact) mass is 136 g/mol. The molecule has 0 aliphatic rings. The largest absolute Gasteiger partial charge is 1.00 e. The third-order valence-electron chi connectivity index (χ3n) is 0.998. The van der Waals surface area contributed by atoms with E-state index >= 15 is 0 Å². The molecule has 0 aliphatic heterocycles. The van der Waals surface area contributed by atoms with Crippen molar-refractivity contribution in [2.75, 3.05) is 6.61 Å². The molecule has 1 nitrogen and oxygen atoms in total. The SMILES string of the molecule is C=C(C)CCCC[O-].[Na+]. The van der Waals surface area contributed by atoms with Gasteiger partial charge in [-0.25, -0.2) is 0 Å². The van der Waals surface area contributed by atoms with E-state index in [-0.39, 0.29) is 36.2 Å². The molecule has 0 bridgehead atoms. The van der Waals surface area contributed by atoms with E-state index in [9.17, 15) is 5.11 Å². The van der Waals surface area contributed by atoms with E-state index in [1.807, 2.05) is 6.92 Å². The summed E-state index contributed by atoms with van der Waals surface area (Å²) in [6, 6.07) is 0. The van der Waals surface area contributed by atoms with Crippen LogP contribution in [-0.4, -0.2) is 6.61 Å². The van der Waals surface area contributed by atoms with Gasteiger partial charge < -0.3 is 5.11 Å². The molecule has 0 fully saturated rings. The van der Waals surface area contributed by atoms with Crippen LogP contribution in [0.4, 0.5) is 0 Å². The van der Waals surface area contributed by atoms with Gasteiger partial charge in [-0.1, -0.05) is 18.4 Å². The molecule has 0 rings (SSSR count). The van der Waals surface area contributed by atoms with Crippen molar-refractivity contribution in [1.29, 1.82) is 0 Å². The summed E-state index contributed by atoms with van der Waals surface area (Å²) in [6.07, 6.45) is 2.83. The first-order chi connectivity index (χ1) is 3.77. The topological polar surface area (TPSA) is 23.1 Å². The Kier molecular flexibility index (Phi) is 12.0. The fraction of sp³-hybridized carbons (Fsp3) is 0.714. The second-order valence-electron chi connectivity index (χ2n) is 2.12. The maximum absolute atomic E-state index is 9.88. The third-order valence-corrected chi connectivity index (χ3v) is 0.998. The van der Waals surface area contributed by atoms with Crippen LogP contribution >= 0.6 is 0 Å². The Balaban J connectivity index is 0. The average Bonchev–Trinajstić information content (AvgIpc) is 1.66. The van der Waals surface area contributed by atoms with Crippen LogP contribution in [0.25, 0.3) is 0 Å². The molecule has 0 radical (unpaired) electrons. The van der Waals surface area contributed by atoms with E-state index in [4.69, 9.17) is 0 Å². The Morgan fingerprint density at radius 1 is 1.44 bits per heavy atom. The molecule has 0 spiro atoms. The summed E-state index contributed by atoms with van der Waals surface area (Å²) >= 11 is 0. The summed E-state index contributed by atoms with van der Waals surface area (Å²) in [4.78, 5) is 0. The Labute approximate surface area is 79.4 Å². The summed E-state index contributed by atoms with van der Waals surface area (Å²) in [7, 11) is 0. The smallest absolute Gasteiger partial charge is 0.854 e. The number of hydrogen-bond donors (Lipinski definition) is 0. The van der Waals surface area contributed by atoms with Gasteiger partial charge in [0.15, 0.2) is 0 Å². The predicted molar refractivity (Wildman–Crippen MR) is 33.5 cm³/mol. The van der Waals surface area contributed by atoms with Gasteiger partial charge in [0, 0.05) is 0 Å². The molecule has 0 unspecified atom stereocenters. The molecule has 0 amide bonds. The van der Waals surface area contributed by atoms with E-state index in [1.165, 1.54) is 5.57 Å². The van der Waals surface area contributed by atoms with Gasteiger partial charge in [-0.3, -0.25) is 0 Å². The number of rotatable bonds is 4. The van der Waals surface area contributed by atoms with Crippen molar-refractivity contribution in [3.63, 3.8) is 0 Å². The van der Waals surface area contributed by atoms with Crippen LogP contribution < -0.4 is 34.7 Å². The van der Waals surface area contributed by atoms with Crippen molar-refractivity contribution in [1.82, 2.24) is 0 Å². The molecule has 2 heteroatoms. The van der Waals surface area contributed by atoms with E-state index in [2.05, 4.69) is 6.58 Å². The van der Waals surface area contributed by atoms with Crippen LogP contribution in [-0.2, 0) is 0 Å². The molecular weight excluding hydrogens is 123 g/mol. The minimum absolute atomic E-state index is 0. The van der Waals surface area contributed by atoms with Gasteiger partial charge in [0.2, 0.25) is 0 Å². The Bertz CT molecular complexity index is 71.3. The molecular formula is C7H13NaO. The maximum atomic E-state index is 9.88. The second kappa shape index (κ2) is 8.70. The Morgan fingerprint density at radius 2 is 2.00 bits per heavy atom. The maximum Gasteiger partial charge on any atom is 1.00 e. The van der Waals surface area contributed by atoms with Gasteiger partial charge in [0.05, 0.1) is 0 Å². The molecule has 0 aromatic rings. The second-order valence-corrected chi connectivity index (χ2v) is 2.12. The number of unbranched alkanes of at least 4 members (excludes halogenated alkanes) is 1. The third kappa shape index (κ3) is 12.0. The van der Waals surface area contributed by atoms with Crippen LogP contribution in [0.15, 0.2) is 12.2 Å². The first-order valence-electron chi connectivity index (χ1n) is 3.00. The summed E-state index contributed by atoms with van der Waals surface area (Å²) in [5.41, 5.74) is 1.18. The van der Waals surface area contributed by atoms with Crippen molar-refractivity contribution in [2.45, 2.75) is 26.2 Å². The molecule has 0 atom stereocenters. The van der Waals surface area contributed by atoms with Crippen molar-refractivity contribution in [2.24, 2.45) is 0 Å². The first-order valence-corrected chi connectivity index (χ1v) is 3.00. The summed E-state index contributed by atoms with van der Waals surface area (Å²) in [5, 5.41) is 9.88. The molecule has 0 heterocycles. The van der Waals surface area contributed by atoms with E-state index in [0.717, 1.165) is 19.3 Å². The van der Waals surface area contributed by atoms with E-state index in [0.29, 0.717) is 0 Å². The number of allylic oxidation sites excluding steroid dienone is 1. The van der Waals surface area contributed by atoms with Crippen LogP contribution in [0.5, 0.6) is 0 Å². The predicted octanol–water partition coefficient (Wildman–Crippen LogP) is -1.90. The van der Waals surface area contributed by atoms with Crippen LogP contribution in [0, 0.1) is 0 Å². The first kappa shape index (κ1) is 12.4. The van der Waals surface area contributed by atoms with Crippen molar-refractivity contribution in [3.05, 3.63) is 12.2 Å². The standard InChI is InChI=1S/C7H13O.Na/c1-7(2)5-3-4-6-8;/h1,3-6H2,2H3;/q-1;+1. The molecule has 0 saturated heterocycles. The van der Waals surface area contributed by atoms with Gasteiger partial charge in [-0.15, -0.1) is 13.2 Å².